The van der Waals surface area contributed by atoms with Crippen LogP contribution in [0.5, 0.6) is 0 Å². The van der Waals surface area contributed by atoms with E-state index in [1.54, 1.807) is 0 Å². The number of aromatic nitrogens is 4. The number of benzene rings is 2. The van der Waals surface area contributed by atoms with Crippen molar-refractivity contribution in [2.24, 2.45) is 0 Å². The Kier molecular flexibility index (Phi) is 6.80. The Morgan fingerprint density at radius 1 is 1.12 bits per heavy atom. The lowest BCUT2D eigenvalue weighted by Crippen LogP contribution is -2.23. The first-order chi connectivity index (χ1) is 15.3. The Labute approximate surface area is 199 Å². The SMILES string of the molecule is CC(Sc1nnc(C(C)N(C)C)n1-c1ccc(Cl)cc1)C(=O)Nc1nc2ccccc2s1. The fraction of sp³-hybridized carbons (Fsp3) is 0.273. The van der Waals surface area contributed by atoms with E-state index in [1.807, 2.05) is 74.1 Å². The first-order valence-corrected chi connectivity index (χ1v) is 12.1. The van der Waals surface area contributed by atoms with Crippen molar-refractivity contribution in [3.05, 3.63) is 59.4 Å². The number of nitrogens with one attached hydrogen (secondary N) is 1. The number of nitrogens with zero attached hydrogens (tertiary/aromatic N) is 5. The third-order valence-corrected chi connectivity index (χ3v) is 7.31. The molecular weight excluding hydrogens is 464 g/mol. The number of carbonyl (C=O) groups excluding carboxylic acids is 1. The number of halogens is 1. The largest absolute Gasteiger partial charge is 0.301 e. The van der Waals surface area contributed by atoms with E-state index in [0.29, 0.717) is 15.3 Å². The summed E-state index contributed by atoms with van der Waals surface area (Å²) in [5.41, 5.74) is 1.77. The Hall–Kier alpha value is -2.46. The molecule has 2 unspecified atom stereocenters. The van der Waals surface area contributed by atoms with Gasteiger partial charge in [-0.15, -0.1) is 10.2 Å². The molecule has 4 rings (SSSR count). The average Bonchev–Trinajstić information content (AvgIpc) is 3.37. The van der Waals surface area contributed by atoms with Gasteiger partial charge in [-0.25, -0.2) is 4.98 Å². The van der Waals surface area contributed by atoms with E-state index in [9.17, 15) is 4.79 Å². The molecule has 0 aliphatic carbocycles. The van der Waals surface area contributed by atoms with Crippen LogP contribution in [-0.4, -0.2) is 49.9 Å². The molecule has 0 saturated carbocycles. The number of carbonyl (C=O) groups is 1. The van der Waals surface area contributed by atoms with Crippen LogP contribution in [0.4, 0.5) is 5.13 Å². The van der Waals surface area contributed by atoms with E-state index >= 15 is 0 Å². The highest BCUT2D eigenvalue weighted by atomic mass is 35.5. The lowest BCUT2D eigenvalue weighted by atomic mass is 10.2. The molecule has 4 aromatic rings. The maximum Gasteiger partial charge on any atom is 0.239 e. The zero-order valence-corrected chi connectivity index (χ0v) is 20.5. The van der Waals surface area contributed by atoms with Gasteiger partial charge in [-0.3, -0.25) is 14.3 Å². The number of hydrogen-bond donors (Lipinski definition) is 1. The molecule has 7 nitrogen and oxygen atoms in total. The quantitative estimate of drug-likeness (QED) is 0.358. The molecule has 0 radical (unpaired) electrons. The third-order valence-electron chi connectivity index (χ3n) is 5.07. The normalized spacial score (nSPS) is 13.4. The molecule has 1 N–H and O–H groups in total. The van der Waals surface area contributed by atoms with Gasteiger partial charge in [0.25, 0.3) is 0 Å². The van der Waals surface area contributed by atoms with Crippen LogP contribution < -0.4 is 5.32 Å². The Balaban J connectivity index is 1.58. The summed E-state index contributed by atoms with van der Waals surface area (Å²) >= 11 is 8.90. The van der Waals surface area contributed by atoms with Crippen LogP contribution in [0.3, 0.4) is 0 Å². The van der Waals surface area contributed by atoms with Gasteiger partial charge in [0.15, 0.2) is 16.1 Å². The first kappa shape index (κ1) is 22.7. The van der Waals surface area contributed by atoms with Gasteiger partial charge in [0.05, 0.1) is 21.5 Å². The standard InChI is InChI=1S/C22H23ClN6OS2/c1-13(28(3)4)19-26-27-22(29(19)16-11-9-15(23)10-12-16)31-14(2)20(30)25-21-24-17-7-5-6-8-18(17)32-21/h5-14H,1-4H3,(H,24,25,30). The Morgan fingerprint density at radius 2 is 1.84 bits per heavy atom. The van der Waals surface area contributed by atoms with E-state index in [0.717, 1.165) is 21.7 Å². The predicted octanol–water partition coefficient (Wildman–Crippen LogP) is 5.27. The molecule has 1 amide bonds. The highest BCUT2D eigenvalue weighted by molar-refractivity contribution is 8.00. The summed E-state index contributed by atoms with van der Waals surface area (Å²) in [5.74, 6) is 0.653. The number of amides is 1. The maximum absolute atomic E-state index is 12.9. The van der Waals surface area contributed by atoms with Crippen LogP contribution >= 0.6 is 34.7 Å². The second-order valence-electron chi connectivity index (χ2n) is 7.53. The van der Waals surface area contributed by atoms with Crippen molar-refractivity contribution in [1.29, 1.82) is 0 Å². The van der Waals surface area contributed by atoms with Gasteiger partial charge in [-0.1, -0.05) is 46.8 Å². The van der Waals surface area contributed by atoms with Crippen LogP contribution in [0.15, 0.2) is 53.7 Å². The van der Waals surface area contributed by atoms with E-state index in [4.69, 9.17) is 11.6 Å². The molecule has 166 valence electrons. The van der Waals surface area contributed by atoms with Gasteiger partial charge in [0.1, 0.15) is 0 Å². The Morgan fingerprint density at radius 3 is 2.53 bits per heavy atom. The minimum atomic E-state index is -0.403. The summed E-state index contributed by atoms with van der Waals surface area (Å²) in [7, 11) is 3.98. The number of thioether (sulfide) groups is 1. The van der Waals surface area contributed by atoms with E-state index in [-0.39, 0.29) is 11.9 Å². The lowest BCUT2D eigenvalue weighted by Gasteiger charge is -2.21. The summed E-state index contributed by atoms with van der Waals surface area (Å²) in [6, 6.07) is 15.4. The smallest absolute Gasteiger partial charge is 0.239 e. The molecule has 10 heteroatoms. The van der Waals surface area contributed by atoms with Gasteiger partial charge in [-0.05, 0) is 64.3 Å². The Bertz CT molecular complexity index is 1200. The molecule has 0 aliphatic rings. The third kappa shape index (κ3) is 4.80. The topological polar surface area (TPSA) is 75.9 Å². The summed E-state index contributed by atoms with van der Waals surface area (Å²) in [5, 5.41) is 13.3. The number of fused-ring (bicyclic) bond motifs is 1. The van der Waals surface area contributed by atoms with Crippen molar-refractivity contribution in [2.45, 2.75) is 30.3 Å². The average molecular weight is 487 g/mol. The highest BCUT2D eigenvalue weighted by Gasteiger charge is 2.25. The molecule has 2 heterocycles. The molecule has 2 atom stereocenters. The van der Waals surface area contributed by atoms with Crippen molar-refractivity contribution in [1.82, 2.24) is 24.6 Å². The molecule has 2 aromatic heterocycles. The predicted molar refractivity (Wildman–Crippen MR) is 132 cm³/mol. The number of thiazole rings is 1. The number of hydrogen-bond acceptors (Lipinski definition) is 7. The van der Waals surface area contributed by atoms with Gasteiger partial charge >= 0.3 is 0 Å². The molecular formula is C22H23ClN6OS2. The van der Waals surface area contributed by atoms with Gasteiger partial charge in [0.2, 0.25) is 5.91 Å². The van der Waals surface area contributed by atoms with Crippen LogP contribution in [0.25, 0.3) is 15.9 Å². The van der Waals surface area contributed by atoms with E-state index in [2.05, 4.69) is 32.3 Å². The van der Waals surface area contributed by atoms with Crippen molar-refractivity contribution in [3.63, 3.8) is 0 Å². The number of rotatable bonds is 7. The molecule has 0 fully saturated rings. The fourth-order valence-corrected chi connectivity index (χ4v) is 4.91. The lowest BCUT2D eigenvalue weighted by molar-refractivity contribution is -0.115. The summed E-state index contributed by atoms with van der Waals surface area (Å²) < 4.78 is 3.01. The molecule has 0 spiro atoms. The van der Waals surface area contributed by atoms with Crippen LogP contribution in [0, 0.1) is 0 Å². The summed E-state index contributed by atoms with van der Waals surface area (Å²) in [6.07, 6.45) is 0. The minimum Gasteiger partial charge on any atom is -0.301 e. The molecule has 0 bridgehead atoms. The first-order valence-electron chi connectivity index (χ1n) is 10.0. The van der Waals surface area contributed by atoms with E-state index < -0.39 is 5.25 Å². The second kappa shape index (κ2) is 9.58. The van der Waals surface area contributed by atoms with Crippen molar-refractivity contribution < 1.29 is 4.79 Å². The van der Waals surface area contributed by atoms with Crippen molar-refractivity contribution in [3.8, 4) is 5.69 Å². The van der Waals surface area contributed by atoms with Crippen molar-refractivity contribution in [2.75, 3.05) is 19.4 Å². The molecule has 2 aromatic carbocycles. The van der Waals surface area contributed by atoms with Gasteiger partial charge in [-0.2, -0.15) is 0 Å². The fourth-order valence-electron chi connectivity index (χ4n) is 3.04. The molecule has 0 aliphatic heterocycles. The van der Waals surface area contributed by atoms with Crippen LogP contribution in [0.1, 0.15) is 25.7 Å². The monoisotopic (exact) mass is 486 g/mol. The zero-order chi connectivity index (χ0) is 22.8. The van der Waals surface area contributed by atoms with E-state index in [1.165, 1.54) is 23.1 Å². The van der Waals surface area contributed by atoms with Crippen molar-refractivity contribution >= 4 is 56.0 Å². The van der Waals surface area contributed by atoms with Gasteiger partial charge < -0.3 is 5.32 Å². The minimum absolute atomic E-state index is 0.0272. The van der Waals surface area contributed by atoms with Crippen LogP contribution in [-0.2, 0) is 4.79 Å². The van der Waals surface area contributed by atoms with Gasteiger partial charge in [0, 0.05) is 10.7 Å². The maximum atomic E-state index is 12.9. The molecule has 0 saturated heterocycles. The zero-order valence-electron chi connectivity index (χ0n) is 18.1. The second-order valence-corrected chi connectivity index (χ2v) is 10.3. The summed E-state index contributed by atoms with van der Waals surface area (Å²) in [4.78, 5) is 19.4. The highest BCUT2D eigenvalue weighted by Crippen LogP contribution is 2.31. The number of anilines is 1. The van der Waals surface area contributed by atoms with Crippen LogP contribution in [0.2, 0.25) is 5.02 Å². The number of para-hydroxylation sites is 1. The summed E-state index contributed by atoms with van der Waals surface area (Å²) in [6.45, 7) is 3.91. The molecule has 32 heavy (non-hydrogen) atoms.